The van der Waals surface area contributed by atoms with E-state index in [2.05, 4.69) is 9.97 Å². The van der Waals surface area contributed by atoms with E-state index in [1.165, 1.54) is 7.11 Å². The Kier molecular flexibility index (Phi) is 3.22. The fourth-order valence-electron chi connectivity index (χ4n) is 1.28. The van der Waals surface area contributed by atoms with E-state index in [0.717, 1.165) is 24.5 Å². The Morgan fingerprint density at radius 1 is 1.33 bits per heavy atom. The molecule has 1 N–H and O–H groups in total. The minimum atomic E-state index is -0.777. The summed E-state index contributed by atoms with van der Waals surface area (Å²) in [4.78, 5) is 17.3. The largest absolute Gasteiger partial charge is 0.487 e. The second-order valence-corrected chi connectivity index (χ2v) is 3.25. The number of methoxy groups -OCH3 is 1. The number of aromatic nitrogens is 2. The second-order valence-electron chi connectivity index (χ2n) is 3.25. The molecule has 0 aliphatic carbocycles. The highest BCUT2D eigenvalue weighted by molar-refractivity contribution is 5.35. The van der Waals surface area contributed by atoms with Crippen molar-refractivity contribution in [1.82, 2.24) is 9.97 Å². The van der Waals surface area contributed by atoms with Crippen molar-refractivity contribution in [2.45, 2.75) is 0 Å². The molecule has 18 heavy (non-hydrogen) atoms. The van der Waals surface area contributed by atoms with Crippen LogP contribution in [0.25, 0.3) is 0 Å². The van der Waals surface area contributed by atoms with Crippen molar-refractivity contribution in [3.05, 3.63) is 46.5 Å². The molecule has 2 aromatic rings. The molecule has 0 fully saturated rings. The van der Waals surface area contributed by atoms with Crippen molar-refractivity contribution in [2.24, 2.45) is 0 Å². The van der Waals surface area contributed by atoms with Crippen molar-refractivity contribution >= 4 is 0 Å². The van der Waals surface area contributed by atoms with Gasteiger partial charge in [0, 0.05) is 6.07 Å². The summed E-state index contributed by atoms with van der Waals surface area (Å²) in [6, 6.07) is 2.70. The Bertz CT molecular complexity index is 628. The molecule has 0 radical (unpaired) electrons. The summed E-state index contributed by atoms with van der Waals surface area (Å²) in [5.41, 5.74) is -0.584. The molecule has 0 atom stereocenters. The van der Waals surface area contributed by atoms with Gasteiger partial charge in [-0.05, 0) is 12.1 Å². The molecule has 0 aliphatic heterocycles. The third kappa shape index (κ3) is 2.29. The van der Waals surface area contributed by atoms with Gasteiger partial charge in [0.25, 0.3) is 11.4 Å². The topological polar surface area (TPSA) is 64.2 Å². The van der Waals surface area contributed by atoms with Crippen LogP contribution in [0.1, 0.15) is 0 Å². The van der Waals surface area contributed by atoms with Crippen molar-refractivity contribution in [3.63, 3.8) is 0 Å². The zero-order chi connectivity index (χ0) is 13.1. The predicted octanol–water partition coefficient (Wildman–Crippen LogP) is 1.85. The Morgan fingerprint density at radius 3 is 2.83 bits per heavy atom. The van der Waals surface area contributed by atoms with Crippen molar-refractivity contribution in [2.75, 3.05) is 7.11 Å². The monoisotopic (exact) mass is 254 g/mol. The van der Waals surface area contributed by atoms with Crippen LogP contribution >= 0.6 is 0 Å². The number of benzene rings is 1. The van der Waals surface area contributed by atoms with Crippen LogP contribution in [0.2, 0.25) is 0 Å². The number of hydrogen-bond donors (Lipinski definition) is 1. The highest BCUT2D eigenvalue weighted by Gasteiger charge is 2.14. The molecular formula is C11H8F2N2O3. The van der Waals surface area contributed by atoms with Crippen molar-refractivity contribution in [3.8, 4) is 17.4 Å². The van der Waals surface area contributed by atoms with E-state index in [4.69, 9.17) is 9.47 Å². The average molecular weight is 254 g/mol. The molecule has 94 valence electrons. The third-order valence-electron chi connectivity index (χ3n) is 2.08. The lowest BCUT2D eigenvalue weighted by molar-refractivity contribution is 0.354. The lowest BCUT2D eigenvalue weighted by Crippen LogP contribution is -2.11. The van der Waals surface area contributed by atoms with Gasteiger partial charge in [-0.3, -0.25) is 4.79 Å². The predicted molar refractivity (Wildman–Crippen MR) is 57.8 cm³/mol. The van der Waals surface area contributed by atoms with Gasteiger partial charge in [0.1, 0.15) is 5.82 Å². The van der Waals surface area contributed by atoms with Gasteiger partial charge in [-0.2, -0.15) is 0 Å². The van der Waals surface area contributed by atoms with Crippen LogP contribution in [0.5, 0.6) is 17.4 Å². The highest BCUT2D eigenvalue weighted by atomic mass is 19.1. The SMILES string of the molecule is COc1c(Oc2cc(F)ccc2F)nc[nH]c1=O. The lowest BCUT2D eigenvalue weighted by Gasteiger charge is -2.08. The van der Waals surface area contributed by atoms with Gasteiger partial charge in [0.05, 0.1) is 13.4 Å². The molecule has 0 bridgehead atoms. The number of nitrogens with one attached hydrogen (secondary N) is 1. The molecule has 0 amide bonds. The van der Waals surface area contributed by atoms with Gasteiger partial charge in [0.2, 0.25) is 5.75 Å². The first-order valence-electron chi connectivity index (χ1n) is 4.86. The summed E-state index contributed by atoms with van der Waals surface area (Å²) >= 11 is 0. The second kappa shape index (κ2) is 4.82. The minimum Gasteiger partial charge on any atom is -0.487 e. The zero-order valence-electron chi connectivity index (χ0n) is 9.24. The van der Waals surface area contributed by atoms with Crippen LogP contribution in [0.3, 0.4) is 0 Å². The molecule has 0 saturated carbocycles. The van der Waals surface area contributed by atoms with E-state index in [1.54, 1.807) is 0 Å². The molecule has 2 rings (SSSR count). The van der Waals surface area contributed by atoms with E-state index in [-0.39, 0.29) is 17.4 Å². The van der Waals surface area contributed by atoms with E-state index in [9.17, 15) is 13.6 Å². The first-order chi connectivity index (χ1) is 8.61. The van der Waals surface area contributed by atoms with Gasteiger partial charge < -0.3 is 14.5 Å². The van der Waals surface area contributed by atoms with E-state index in [1.807, 2.05) is 0 Å². The standard InChI is InChI=1S/C11H8F2N2O3/c1-17-9-10(16)14-5-15-11(9)18-8-4-6(12)2-3-7(8)13/h2-5H,1H3,(H,14,15,16). The fraction of sp³-hybridized carbons (Fsp3) is 0.0909. The number of aromatic amines is 1. The summed E-state index contributed by atoms with van der Waals surface area (Å²) in [5, 5.41) is 0. The van der Waals surface area contributed by atoms with Gasteiger partial charge in [-0.1, -0.05) is 0 Å². The Hall–Kier alpha value is -2.44. The van der Waals surface area contributed by atoms with Gasteiger partial charge in [0.15, 0.2) is 11.6 Å². The molecule has 0 spiro atoms. The fourth-order valence-corrected chi connectivity index (χ4v) is 1.28. The minimum absolute atomic E-state index is 0.221. The molecular weight excluding hydrogens is 246 g/mol. The van der Waals surface area contributed by atoms with Gasteiger partial charge in [-0.25, -0.2) is 13.8 Å². The summed E-state index contributed by atoms with van der Waals surface area (Å²) in [6.07, 6.45) is 1.07. The molecule has 0 saturated heterocycles. The first kappa shape index (κ1) is 12.0. The molecule has 1 aromatic heterocycles. The number of rotatable bonds is 3. The number of halogens is 2. The molecule has 7 heteroatoms. The number of hydrogen-bond acceptors (Lipinski definition) is 4. The number of H-pyrrole nitrogens is 1. The highest BCUT2D eigenvalue weighted by Crippen LogP contribution is 2.27. The zero-order valence-corrected chi connectivity index (χ0v) is 9.24. The number of nitrogens with zero attached hydrogens (tertiary/aromatic N) is 1. The number of ether oxygens (including phenoxy) is 2. The van der Waals surface area contributed by atoms with E-state index in [0.29, 0.717) is 0 Å². The molecule has 0 aliphatic rings. The maximum Gasteiger partial charge on any atom is 0.297 e. The van der Waals surface area contributed by atoms with Crippen molar-refractivity contribution in [1.29, 1.82) is 0 Å². The summed E-state index contributed by atoms with van der Waals surface area (Å²) in [6.45, 7) is 0. The molecule has 0 unspecified atom stereocenters. The maximum atomic E-state index is 13.3. The van der Waals surface area contributed by atoms with Crippen molar-refractivity contribution < 1.29 is 18.3 Å². The lowest BCUT2D eigenvalue weighted by atomic mass is 10.3. The van der Waals surface area contributed by atoms with Crippen LogP contribution in [-0.4, -0.2) is 17.1 Å². The summed E-state index contributed by atoms with van der Waals surface area (Å²) in [7, 11) is 1.24. The Labute approximate surface area is 100 Å². The van der Waals surface area contributed by atoms with Crippen LogP contribution in [0.15, 0.2) is 29.3 Å². The Balaban J connectivity index is 2.43. The normalized spacial score (nSPS) is 10.2. The summed E-state index contributed by atoms with van der Waals surface area (Å²) < 4.78 is 36.1. The summed E-state index contributed by atoms with van der Waals surface area (Å²) in [5.74, 6) is -2.30. The van der Waals surface area contributed by atoms with Crippen LogP contribution in [-0.2, 0) is 0 Å². The third-order valence-corrected chi connectivity index (χ3v) is 2.08. The maximum absolute atomic E-state index is 13.3. The van der Waals surface area contributed by atoms with Crippen LogP contribution in [0, 0.1) is 11.6 Å². The van der Waals surface area contributed by atoms with Crippen LogP contribution < -0.4 is 15.0 Å². The van der Waals surface area contributed by atoms with Crippen LogP contribution in [0.4, 0.5) is 8.78 Å². The first-order valence-corrected chi connectivity index (χ1v) is 4.86. The smallest absolute Gasteiger partial charge is 0.297 e. The average Bonchev–Trinajstić information content (AvgIpc) is 2.34. The molecule has 5 nitrogen and oxygen atoms in total. The quantitative estimate of drug-likeness (QED) is 0.907. The molecule has 1 heterocycles. The van der Waals surface area contributed by atoms with Gasteiger partial charge >= 0.3 is 0 Å². The van der Waals surface area contributed by atoms with E-state index >= 15 is 0 Å². The molecule has 1 aromatic carbocycles. The Morgan fingerprint density at radius 2 is 2.11 bits per heavy atom. The van der Waals surface area contributed by atoms with Gasteiger partial charge in [-0.15, -0.1) is 0 Å². The van der Waals surface area contributed by atoms with E-state index < -0.39 is 17.2 Å².